The number of ether oxygens (including phenoxy) is 1. The van der Waals surface area contributed by atoms with Crippen LogP contribution in [0.25, 0.3) is 0 Å². The molecule has 1 aromatic rings. The van der Waals surface area contributed by atoms with Gasteiger partial charge in [-0.05, 0) is 12.5 Å². The fourth-order valence-electron chi connectivity index (χ4n) is 2.28. The van der Waals surface area contributed by atoms with Crippen molar-refractivity contribution < 1.29 is 27.3 Å². The molecular formula is C13H15FN2O6S. The molecule has 0 aliphatic carbocycles. The topological polar surface area (TPSA) is 107 Å². The minimum absolute atomic E-state index is 0.0194. The third-order valence-electron chi connectivity index (χ3n) is 3.62. The standard InChI is InChI=1S/C13H15FN2O6S/c1-15(10-4-5-23(20,21)8-10)13(17)7-22-12-6-9(14)2-3-11(12)16(18)19/h2-3,6,10H,4-5,7-8H2,1H3/t10-/m1/s1. The van der Waals surface area contributed by atoms with Gasteiger partial charge in [0.05, 0.1) is 16.4 Å². The molecule has 0 radical (unpaired) electrons. The number of nitro groups is 1. The van der Waals surface area contributed by atoms with Crippen LogP contribution in [-0.2, 0) is 14.6 Å². The Morgan fingerprint density at radius 2 is 2.22 bits per heavy atom. The molecule has 23 heavy (non-hydrogen) atoms. The van der Waals surface area contributed by atoms with Crippen molar-refractivity contribution in [2.45, 2.75) is 12.5 Å². The SMILES string of the molecule is CN(C(=O)COc1cc(F)ccc1[N+](=O)[O-])[C@@H]1CCS(=O)(=O)C1. The Morgan fingerprint density at radius 1 is 1.52 bits per heavy atom. The normalized spacial score (nSPS) is 19.3. The van der Waals surface area contributed by atoms with E-state index in [1.165, 1.54) is 11.9 Å². The summed E-state index contributed by atoms with van der Waals surface area (Å²) in [6.45, 7) is -0.544. The highest BCUT2D eigenvalue weighted by molar-refractivity contribution is 7.91. The molecule has 10 heteroatoms. The van der Waals surface area contributed by atoms with Crippen LogP contribution in [0.4, 0.5) is 10.1 Å². The van der Waals surface area contributed by atoms with Crippen molar-refractivity contribution in [3.63, 3.8) is 0 Å². The molecule has 1 amide bonds. The molecule has 1 aromatic carbocycles. The predicted octanol–water partition coefficient (Wildman–Crippen LogP) is 0.758. The molecule has 126 valence electrons. The third kappa shape index (κ3) is 4.15. The lowest BCUT2D eigenvalue weighted by atomic mass is 10.2. The maximum Gasteiger partial charge on any atom is 0.311 e. The second-order valence-electron chi connectivity index (χ2n) is 5.22. The van der Waals surface area contributed by atoms with Crippen LogP contribution in [0.5, 0.6) is 5.75 Å². The zero-order valence-electron chi connectivity index (χ0n) is 12.3. The summed E-state index contributed by atoms with van der Waals surface area (Å²) in [7, 11) is -1.70. The average molecular weight is 346 g/mol. The van der Waals surface area contributed by atoms with Crippen LogP contribution in [0.3, 0.4) is 0 Å². The second kappa shape index (κ2) is 6.49. The molecule has 1 atom stereocenters. The van der Waals surface area contributed by atoms with Crippen LogP contribution in [0.2, 0.25) is 0 Å². The molecule has 0 aromatic heterocycles. The first-order valence-electron chi connectivity index (χ1n) is 6.72. The molecule has 1 aliphatic heterocycles. The first kappa shape index (κ1) is 17.1. The van der Waals surface area contributed by atoms with E-state index in [9.17, 15) is 27.7 Å². The number of sulfone groups is 1. The zero-order valence-corrected chi connectivity index (χ0v) is 13.1. The summed E-state index contributed by atoms with van der Waals surface area (Å²) < 4.78 is 41.0. The van der Waals surface area contributed by atoms with E-state index < -0.39 is 44.8 Å². The van der Waals surface area contributed by atoms with E-state index in [0.717, 1.165) is 18.2 Å². The summed E-state index contributed by atoms with van der Waals surface area (Å²) in [4.78, 5) is 23.4. The third-order valence-corrected chi connectivity index (χ3v) is 5.37. The molecule has 1 aliphatic rings. The van der Waals surface area contributed by atoms with Gasteiger partial charge in [0.25, 0.3) is 5.91 Å². The number of nitrogens with zero attached hydrogens (tertiary/aromatic N) is 2. The Hall–Kier alpha value is -2.23. The van der Waals surface area contributed by atoms with Gasteiger partial charge in [-0.3, -0.25) is 14.9 Å². The van der Waals surface area contributed by atoms with Gasteiger partial charge in [0, 0.05) is 25.2 Å². The van der Waals surface area contributed by atoms with Crippen molar-refractivity contribution in [2.75, 3.05) is 25.2 Å². The largest absolute Gasteiger partial charge is 0.477 e. The molecular weight excluding hydrogens is 331 g/mol. The summed E-state index contributed by atoms with van der Waals surface area (Å²) in [5.41, 5.74) is -0.453. The fourth-order valence-corrected chi connectivity index (χ4v) is 4.05. The monoisotopic (exact) mass is 346 g/mol. The molecule has 8 nitrogen and oxygen atoms in total. The molecule has 0 N–H and O–H groups in total. The van der Waals surface area contributed by atoms with Crippen molar-refractivity contribution in [2.24, 2.45) is 0 Å². The Morgan fingerprint density at radius 3 is 2.78 bits per heavy atom. The summed E-state index contributed by atoms with van der Waals surface area (Å²) in [6.07, 6.45) is 0.338. The smallest absolute Gasteiger partial charge is 0.311 e. The van der Waals surface area contributed by atoms with Crippen molar-refractivity contribution in [1.82, 2.24) is 4.90 Å². The molecule has 1 saturated heterocycles. The maximum absolute atomic E-state index is 13.2. The van der Waals surface area contributed by atoms with Crippen LogP contribution in [-0.4, -0.2) is 55.4 Å². The van der Waals surface area contributed by atoms with Crippen LogP contribution < -0.4 is 4.74 Å². The Balaban J connectivity index is 2.02. The maximum atomic E-state index is 13.2. The molecule has 0 bridgehead atoms. The Bertz CT molecular complexity index is 736. The highest BCUT2D eigenvalue weighted by Crippen LogP contribution is 2.27. The van der Waals surface area contributed by atoms with Crippen molar-refractivity contribution >= 4 is 21.4 Å². The van der Waals surface area contributed by atoms with Crippen molar-refractivity contribution in [3.05, 3.63) is 34.1 Å². The number of rotatable bonds is 5. The quantitative estimate of drug-likeness (QED) is 0.575. The number of carbonyl (C=O) groups is 1. The van der Waals surface area contributed by atoms with Crippen molar-refractivity contribution in [3.8, 4) is 5.75 Å². The molecule has 0 saturated carbocycles. The van der Waals surface area contributed by atoms with Gasteiger partial charge in [0.1, 0.15) is 5.82 Å². The van der Waals surface area contributed by atoms with Crippen LogP contribution in [0.15, 0.2) is 18.2 Å². The van der Waals surface area contributed by atoms with Gasteiger partial charge in [-0.25, -0.2) is 12.8 Å². The highest BCUT2D eigenvalue weighted by Gasteiger charge is 2.33. The van der Waals surface area contributed by atoms with Gasteiger partial charge < -0.3 is 9.64 Å². The number of halogens is 1. The van der Waals surface area contributed by atoms with Crippen LogP contribution >= 0.6 is 0 Å². The van der Waals surface area contributed by atoms with E-state index >= 15 is 0 Å². The summed E-state index contributed by atoms with van der Waals surface area (Å²) in [5, 5.41) is 10.8. The van der Waals surface area contributed by atoms with Gasteiger partial charge in [-0.15, -0.1) is 0 Å². The number of hydrogen-bond donors (Lipinski definition) is 0. The van der Waals surface area contributed by atoms with E-state index in [-0.39, 0.29) is 17.3 Å². The van der Waals surface area contributed by atoms with E-state index in [2.05, 4.69) is 0 Å². The fraction of sp³-hybridized carbons (Fsp3) is 0.462. The molecule has 1 fully saturated rings. The summed E-state index contributed by atoms with van der Waals surface area (Å²) >= 11 is 0. The van der Waals surface area contributed by atoms with E-state index in [4.69, 9.17) is 4.74 Å². The minimum Gasteiger partial charge on any atom is -0.477 e. The first-order chi connectivity index (χ1) is 10.7. The number of nitro benzene ring substituents is 1. The van der Waals surface area contributed by atoms with Gasteiger partial charge in [0.15, 0.2) is 16.4 Å². The van der Waals surface area contributed by atoms with Crippen molar-refractivity contribution in [1.29, 1.82) is 0 Å². The number of carbonyl (C=O) groups excluding carboxylic acids is 1. The molecule has 0 unspecified atom stereocenters. The summed E-state index contributed by atoms with van der Waals surface area (Å²) in [5.74, 6) is -1.71. The van der Waals surface area contributed by atoms with Gasteiger partial charge >= 0.3 is 5.69 Å². The minimum atomic E-state index is -3.14. The van der Waals surface area contributed by atoms with Gasteiger partial charge in [-0.2, -0.15) is 0 Å². The van der Waals surface area contributed by atoms with E-state index in [1.54, 1.807) is 0 Å². The lowest BCUT2D eigenvalue weighted by Gasteiger charge is -2.23. The zero-order chi connectivity index (χ0) is 17.2. The number of amides is 1. The average Bonchev–Trinajstić information content (AvgIpc) is 2.83. The lowest BCUT2D eigenvalue weighted by Crippen LogP contribution is -2.40. The molecule has 1 heterocycles. The first-order valence-corrected chi connectivity index (χ1v) is 8.54. The number of hydrogen-bond acceptors (Lipinski definition) is 6. The molecule has 2 rings (SSSR count). The lowest BCUT2D eigenvalue weighted by molar-refractivity contribution is -0.385. The van der Waals surface area contributed by atoms with Gasteiger partial charge in [-0.1, -0.05) is 0 Å². The number of likely N-dealkylation sites (N-methyl/N-ethyl adjacent to an activating group) is 1. The predicted molar refractivity (Wildman–Crippen MR) is 78.4 cm³/mol. The van der Waals surface area contributed by atoms with Gasteiger partial charge in [0.2, 0.25) is 5.75 Å². The van der Waals surface area contributed by atoms with E-state index in [0.29, 0.717) is 6.42 Å². The number of benzene rings is 1. The second-order valence-corrected chi connectivity index (χ2v) is 7.45. The molecule has 0 spiro atoms. The highest BCUT2D eigenvalue weighted by atomic mass is 32.2. The van der Waals surface area contributed by atoms with Crippen LogP contribution in [0, 0.1) is 15.9 Å². The van der Waals surface area contributed by atoms with Crippen LogP contribution in [0.1, 0.15) is 6.42 Å². The Labute approximate surface area is 131 Å². The van der Waals surface area contributed by atoms with E-state index in [1.807, 2.05) is 0 Å². The Kier molecular flexibility index (Phi) is 4.83. The summed E-state index contributed by atoms with van der Waals surface area (Å²) in [6, 6.07) is 2.24.